The molecule has 0 saturated heterocycles. The Bertz CT molecular complexity index is 1870. The SMILES string of the molecule is COc1cc(C)cc2c1C(=O)C=C(c1c(C)cc3c(c1OC)C(=O)C(NCCO[C@H]1C=C[C@H](OC(C)=O)[C@@H](COC(C)=O)O1)=CC3=O)C2=O. The molecule has 13 nitrogen and oxygen atoms in total. The van der Waals surface area contributed by atoms with Gasteiger partial charge in [-0.15, -0.1) is 0 Å². The van der Waals surface area contributed by atoms with E-state index in [2.05, 4.69) is 5.32 Å². The van der Waals surface area contributed by atoms with Gasteiger partial charge in [0.1, 0.15) is 30.3 Å². The highest BCUT2D eigenvalue weighted by Gasteiger charge is 2.37. The number of hydrogen-bond donors (Lipinski definition) is 1. The van der Waals surface area contributed by atoms with E-state index in [-0.39, 0.29) is 70.3 Å². The maximum absolute atomic E-state index is 13.9. The molecule has 3 aliphatic rings. The largest absolute Gasteiger partial charge is 0.496 e. The Labute approximate surface area is 281 Å². The molecule has 0 saturated carbocycles. The van der Waals surface area contributed by atoms with E-state index < -0.39 is 53.6 Å². The Balaban J connectivity index is 1.34. The lowest BCUT2D eigenvalue weighted by Crippen LogP contribution is -2.42. The second-order valence-corrected chi connectivity index (χ2v) is 11.5. The first-order valence-electron chi connectivity index (χ1n) is 15.4. The molecular weight excluding hydrogens is 638 g/mol. The van der Waals surface area contributed by atoms with E-state index in [0.717, 1.165) is 5.56 Å². The number of fused-ring (bicyclic) bond motifs is 2. The van der Waals surface area contributed by atoms with E-state index in [4.69, 9.17) is 28.4 Å². The maximum atomic E-state index is 13.9. The molecule has 0 unspecified atom stereocenters. The molecule has 1 N–H and O–H groups in total. The van der Waals surface area contributed by atoms with Gasteiger partial charge in [0.05, 0.1) is 37.7 Å². The minimum Gasteiger partial charge on any atom is -0.496 e. The Hall–Kier alpha value is -5.40. The van der Waals surface area contributed by atoms with Gasteiger partial charge in [-0.25, -0.2) is 0 Å². The van der Waals surface area contributed by atoms with Crippen LogP contribution in [0.1, 0.15) is 72.0 Å². The first-order chi connectivity index (χ1) is 23.3. The Kier molecular flexibility index (Phi) is 10.2. The van der Waals surface area contributed by atoms with Crippen molar-refractivity contribution >= 4 is 40.6 Å². The molecule has 2 aliphatic carbocycles. The van der Waals surface area contributed by atoms with Gasteiger partial charge in [-0.1, -0.05) is 0 Å². The standard InChI is InChI=1S/C36H35NO12/c1-17-11-22-32(28(12-17)44-5)26(41)14-23(34(22)42)31-18(2)13-21-25(40)15-24(35(43)33(21)36(31)45-6)37-9-10-46-30-8-7-27(48-20(4)39)29(49-30)16-47-19(3)38/h7-8,11-15,27,29-30,37H,9-10,16H2,1-6H3/t27-,29+,30+/m0/s1. The molecule has 2 aromatic carbocycles. The first-order valence-corrected chi connectivity index (χ1v) is 15.4. The summed E-state index contributed by atoms with van der Waals surface area (Å²) in [6.07, 6.45) is 3.03. The van der Waals surface area contributed by atoms with E-state index in [1.807, 2.05) is 0 Å². The number of allylic oxidation sites excluding steroid dienone is 4. The van der Waals surface area contributed by atoms with Crippen LogP contribution in [0.2, 0.25) is 0 Å². The number of ether oxygens (including phenoxy) is 6. The van der Waals surface area contributed by atoms with Crippen LogP contribution in [-0.2, 0) is 28.5 Å². The van der Waals surface area contributed by atoms with E-state index in [1.54, 1.807) is 38.1 Å². The maximum Gasteiger partial charge on any atom is 0.303 e. The number of rotatable bonds is 11. The number of nitrogens with one attached hydrogen (secondary N) is 1. The van der Waals surface area contributed by atoms with Gasteiger partial charge in [0, 0.05) is 48.7 Å². The fourth-order valence-corrected chi connectivity index (χ4v) is 5.95. The lowest BCUT2D eigenvalue weighted by molar-refractivity contribution is -0.196. The Morgan fingerprint density at radius 1 is 0.837 bits per heavy atom. The number of benzene rings is 2. The van der Waals surface area contributed by atoms with Crippen LogP contribution in [0.15, 0.2) is 48.2 Å². The van der Waals surface area contributed by atoms with E-state index in [9.17, 15) is 28.8 Å². The van der Waals surface area contributed by atoms with Crippen LogP contribution in [0.3, 0.4) is 0 Å². The number of Topliss-reactive ketones (excluding diaryl/α,β-unsaturated/α-hetero) is 2. The first kappa shape index (κ1) is 34.9. The van der Waals surface area contributed by atoms with Gasteiger partial charge in [-0.3, -0.25) is 28.8 Å². The summed E-state index contributed by atoms with van der Waals surface area (Å²) < 4.78 is 32.8. The van der Waals surface area contributed by atoms with Gasteiger partial charge in [-0.2, -0.15) is 0 Å². The van der Waals surface area contributed by atoms with Gasteiger partial charge in [0.2, 0.25) is 5.78 Å². The highest BCUT2D eigenvalue weighted by atomic mass is 16.7. The molecule has 0 radical (unpaired) electrons. The third kappa shape index (κ3) is 7.08. The van der Waals surface area contributed by atoms with Crippen LogP contribution in [0.5, 0.6) is 11.5 Å². The van der Waals surface area contributed by atoms with Crippen molar-refractivity contribution in [1.82, 2.24) is 5.32 Å². The zero-order valence-electron chi connectivity index (χ0n) is 27.8. The van der Waals surface area contributed by atoms with Crippen LogP contribution >= 0.6 is 0 Å². The van der Waals surface area contributed by atoms with Crippen molar-refractivity contribution in [2.24, 2.45) is 0 Å². The molecule has 0 bridgehead atoms. The Morgan fingerprint density at radius 3 is 2.27 bits per heavy atom. The number of methoxy groups -OCH3 is 2. The van der Waals surface area contributed by atoms with Crippen molar-refractivity contribution in [2.45, 2.75) is 46.2 Å². The molecule has 3 atom stereocenters. The molecule has 0 fully saturated rings. The summed E-state index contributed by atoms with van der Waals surface area (Å²) in [6.45, 7) is 5.86. The fourth-order valence-electron chi connectivity index (χ4n) is 5.95. The van der Waals surface area contributed by atoms with Crippen LogP contribution < -0.4 is 14.8 Å². The second-order valence-electron chi connectivity index (χ2n) is 11.5. The lowest BCUT2D eigenvalue weighted by atomic mass is 9.80. The van der Waals surface area contributed by atoms with Crippen LogP contribution in [-0.4, -0.2) is 87.5 Å². The molecule has 0 amide bonds. The molecule has 49 heavy (non-hydrogen) atoms. The highest BCUT2D eigenvalue weighted by molar-refractivity contribution is 6.40. The minimum atomic E-state index is -0.879. The molecule has 1 heterocycles. The third-order valence-electron chi connectivity index (χ3n) is 8.03. The van der Waals surface area contributed by atoms with Crippen molar-refractivity contribution in [3.05, 3.63) is 87.1 Å². The number of carbonyl (C=O) groups is 6. The smallest absolute Gasteiger partial charge is 0.303 e. The van der Waals surface area contributed by atoms with Crippen molar-refractivity contribution in [2.75, 3.05) is 34.0 Å². The molecule has 0 aromatic heterocycles. The molecule has 1 aliphatic heterocycles. The summed E-state index contributed by atoms with van der Waals surface area (Å²) >= 11 is 0. The molecule has 0 spiro atoms. The normalized spacial score (nSPS) is 19.8. The average Bonchev–Trinajstić information content (AvgIpc) is 3.05. The molecule has 2 aromatic rings. The molecule has 13 heteroatoms. The number of esters is 2. The number of hydrogen-bond acceptors (Lipinski definition) is 13. The van der Waals surface area contributed by atoms with Crippen molar-refractivity contribution < 1.29 is 57.2 Å². The van der Waals surface area contributed by atoms with E-state index in [1.165, 1.54) is 46.3 Å². The summed E-state index contributed by atoms with van der Waals surface area (Å²) in [4.78, 5) is 77.0. The van der Waals surface area contributed by atoms with E-state index in [0.29, 0.717) is 5.56 Å². The van der Waals surface area contributed by atoms with Crippen molar-refractivity contribution in [3.8, 4) is 11.5 Å². The molecular formula is C36H35NO12. The average molecular weight is 674 g/mol. The van der Waals surface area contributed by atoms with E-state index >= 15 is 0 Å². The van der Waals surface area contributed by atoms with Crippen molar-refractivity contribution in [3.63, 3.8) is 0 Å². The summed E-state index contributed by atoms with van der Waals surface area (Å²) in [5, 5.41) is 2.92. The molecule has 256 valence electrons. The summed E-state index contributed by atoms with van der Waals surface area (Å²) in [5.74, 6) is -2.70. The van der Waals surface area contributed by atoms with Gasteiger partial charge < -0.3 is 33.7 Å². The monoisotopic (exact) mass is 673 g/mol. The highest BCUT2D eigenvalue weighted by Crippen LogP contribution is 2.42. The van der Waals surface area contributed by atoms with Crippen LogP contribution in [0.4, 0.5) is 0 Å². The van der Waals surface area contributed by atoms with Gasteiger partial charge in [-0.05, 0) is 61.4 Å². The number of carbonyl (C=O) groups excluding carboxylic acids is 6. The molecule has 5 rings (SSSR count). The topological polar surface area (TPSA) is 170 Å². The van der Waals surface area contributed by atoms with Crippen LogP contribution in [0.25, 0.3) is 5.57 Å². The summed E-state index contributed by atoms with van der Waals surface area (Å²) in [5.41, 5.74) is 1.79. The summed E-state index contributed by atoms with van der Waals surface area (Å²) in [7, 11) is 2.74. The van der Waals surface area contributed by atoms with Gasteiger partial charge >= 0.3 is 11.9 Å². The van der Waals surface area contributed by atoms with Crippen molar-refractivity contribution in [1.29, 1.82) is 0 Å². The van der Waals surface area contributed by atoms with Gasteiger partial charge in [0.15, 0.2) is 23.6 Å². The summed E-state index contributed by atoms with van der Waals surface area (Å²) in [6, 6.07) is 4.79. The van der Waals surface area contributed by atoms with Gasteiger partial charge in [0.25, 0.3) is 0 Å². The zero-order valence-corrected chi connectivity index (χ0v) is 27.8. The number of aryl methyl sites for hydroxylation is 2. The minimum absolute atomic E-state index is 0.00522. The predicted molar refractivity (Wildman–Crippen MR) is 173 cm³/mol. The fraction of sp³-hybridized carbons (Fsp3) is 0.333. The number of ketones is 4. The second kappa shape index (κ2) is 14.4. The Morgan fingerprint density at radius 2 is 1.59 bits per heavy atom. The predicted octanol–water partition coefficient (Wildman–Crippen LogP) is 3.43. The third-order valence-corrected chi connectivity index (χ3v) is 8.03. The lowest BCUT2D eigenvalue weighted by Gasteiger charge is -2.31. The quantitative estimate of drug-likeness (QED) is 0.209. The zero-order chi connectivity index (χ0) is 35.6. The van der Waals surface area contributed by atoms with Crippen LogP contribution in [0, 0.1) is 13.8 Å².